The minimum Gasteiger partial charge on any atom is -0.481 e. The van der Waals surface area contributed by atoms with Crippen molar-refractivity contribution < 1.29 is 14.6 Å². The molecule has 20 heavy (non-hydrogen) atoms. The molecule has 0 saturated carbocycles. The van der Waals surface area contributed by atoms with Crippen molar-refractivity contribution in [2.75, 3.05) is 19.0 Å². The summed E-state index contributed by atoms with van der Waals surface area (Å²) in [7, 11) is 0. The van der Waals surface area contributed by atoms with Gasteiger partial charge in [-0.05, 0) is 12.8 Å². The summed E-state index contributed by atoms with van der Waals surface area (Å²) >= 11 is 1.20. The second-order valence-electron chi connectivity index (χ2n) is 4.45. The van der Waals surface area contributed by atoms with Gasteiger partial charge in [0.2, 0.25) is 0 Å². The average Bonchev–Trinajstić information content (AvgIpc) is 2.79. The molecule has 0 aliphatic heterocycles. The standard InChI is InChI=1S/C13H23N3O3S/c1-3-5-8-19-9-7-16-11(6-4-2)14-15-13(16)20-10-12(17)18/h3-10H2,1-2H3,(H,17,18). The number of rotatable bonds is 11. The van der Waals surface area contributed by atoms with Crippen LogP contribution in [0.3, 0.4) is 0 Å². The molecule has 0 radical (unpaired) electrons. The number of hydrogen-bond donors (Lipinski definition) is 1. The lowest BCUT2D eigenvalue weighted by atomic mass is 10.3. The number of aliphatic carboxylic acids is 1. The van der Waals surface area contributed by atoms with E-state index in [2.05, 4.69) is 24.0 Å². The molecule has 1 aromatic rings. The first-order chi connectivity index (χ1) is 9.69. The summed E-state index contributed by atoms with van der Waals surface area (Å²) in [4.78, 5) is 10.6. The zero-order valence-electron chi connectivity index (χ0n) is 12.2. The minimum absolute atomic E-state index is 0.000943. The molecular weight excluding hydrogens is 278 g/mol. The third kappa shape index (κ3) is 5.92. The van der Waals surface area contributed by atoms with Gasteiger partial charge in [0.15, 0.2) is 5.16 Å². The SMILES string of the molecule is CCCCOCCn1c(CCC)nnc1SCC(=O)O. The van der Waals surface area contributed by atoms with Crippen LogP contribution < -0.4 is 0 Å². The lowest BCUT2D eigenvalue weighted by Crippen LogP contribution is -2.12. The van der Waals surface area contributed by atoms with Crippen molar-refractivity contribution in [1.29, 1.82) is 0 Å². The Bertz CT molecular complexity index is 410. The van der Waals surface area contributed by atoms with Gasteiger partial charge >= 0.3 is 5.97 Å². The molecule has 0 unspecified atom stereocenters. The van der Waals surface area contributed by atoms with Crippen molar-refractivity contribution in [1.82, 2.24) is 14.8 Å². The average molecular weight is 301 g/mol. The molecule has 114 valence electrons. The Hall–Kier alpha value is -1.08. The highest BCUT2D eigenvalue weighted by Crippen LogP contribution is 2.17. The van der Waals surface area contributed by atoms with Crippen molar-refractivity contribution >= 4 is 17.7 Å². The van der Waals surface area contributed by atoms with Gasteiger partial charge in [-0.25, -0.2) is 0 Å². The molecule has 0 fully saturated rings. The summed E-state index contributed by atoms with van der Waals surface area (Å²) in [5, 5.41) is 17.6. The highest BCUT2D eigenvalue weighted by molar-refractivity contribution is 7.99. The molecule has 0 aliphatic rings. The number of ether oxygens (including phenoxy) is 1. The third-order valence-electron chi connectivity index (χ3n) is 2.69. The van der Waals surface area contributed by atoms with Gasteiger partial charge in [0, 0.05) is 19.6 Å². The van der Waals surface area contributed by atoms with E-state index in [-0.39, 0.29) is 5.75 Å². The number of carboxylic acid groups (broad SMARTS) is 1. The third-order valence-corrected chi connectivity index (χ3v) is 3.64. The molecule has 1 rings (SSSR count). The molecule has 0 aliphatic carbocycles. The minimum atomic E-state index is -0.846. The van der Waals surface area contributed by atoms with Crippen LogP contribution in [-0.4, -0.2) is 44.8 Å². The van der Waals surface area contributed by atoms with E-state index in [0.29, 0.717) is 18.3 Å². The number of unbranched alkanes of at least 4 members (excludes halogenated alkanes) is 1. The Labute approximate surface area is 123 Å². The molecule has 0 amide bonds. The fourth-order valence-electron chi connectivity index (χ4n) is 1.69. The van der Waals surface area contributed by atoms with Crippen molar-refractivity contribution in [3.8, 4) is 0 Å². The van der Waals surface area contributed by atoms with Gasteiger partial charge in [-0.2, -0.15) is 0 Å². The Morgan fingerprint density at radius 2 is 2.10 bits per heavy atom. The number of nitrogens with zero attached hydrogens (tertiary/aromatic N) is 3. The molecule has 1 N–H and O–H groups in total. The largest absolute Gasteiger partial charge is 0.481 e. The number of aryl methyl sites for hydroxylation is 1. The first-order valence-corrected chi connectivity index (χ1v) is 8.02. The highest BCUT2D eigenvalue weighted by Gasteiger charge is 2.13. The normalized spacial score (nSPS) is 10.9. The molecule has 0 aromatic carbocycles. The van der Waals surface area contributed by atoms with Gasteiger partial charge in [0.05, 0.1) is 12.4 Å². The Kier molecular flexibility index (Phi) is 8.29. The van der Waals surface area contributed by atoms with Gasteiger partial charge < -0.3 is 14.4 Å². The Morgan fingerprint density at radius 1 is 1.30 bits per heavy atom. The number of carboxylic acids is 1. The first kappa shape index (κ1) is 17.0. The molecule has 1 heterocycles. The van der Waals surface area contributed by atoms with E-state index < -0.39 is 5.97 Å². The van der Waals surface area contributed by atoms with Crippen LogP contribution in [0, 0.1) is 0 Å². The molecule has 6 nitrogen and oxygen atoms in total. The van der Waals surface area contributed by atoms with Gasteiger partial charge in [-0.1, -0.05) is 32.0 Å². The van der Waals surface area contributed by atoms with E-state index in [1.165, 1.54) is 11.8 Å². The van der Waals surface area contributed by atoms with Crippen LogP contribution in [0.15, 0.2) is 5.16 Å². The summed E-state index contributed by atoms with van der Waals surface area (Å²) in [6, 6.07) is 0. The predicted octanol–water partition coefficient (Wildman–Crippen LogP) is 2.22. The van der Waals surface area contributed by atoms with E-state index in [1.807, 2.05) is 4.57 Å². The fraction of sp³-hybridized carbons (Fsp3) is 0.769. The van der Waals surface area contributed by atoms with E-state index in [9.17, 15) is 4.79 Å². The van der Waals surface area contributed by atoms with Crippen LogP contribution in [0.1, 0.15) is 38.9 Å². The van der Waals surface area contributed by atoms with Crippen LogP contribution in [0.25, 0.3) is 0 Å². The Morgan fingerprint density at radius 3 is 2.75 bits per heavy atom. The van der Waals surface area contributed by atoms with E-state index in [4.69, 9.17) is 9.84 Å². The molecule has 0 atom stereocenters. The van der Waals surface area contributed by atoms with Crippen LogP contribution in [0.4, 0.5) is 0 Å². The van der Waals surface area contributed by atoms with E-state index in [0.717, 1.165) is 38.1 Å². The van der Waals surface area contributed by atoms with Gasteiger partial charge in [-0.3, -0.25) is 4.79 Å². The Balaban J connectivity index is 2.57. The van der Waals surface area contributed by atoms with E-state index in [1.54, 1.807) is 0 Å². The van der Waals surface area contributed by atoms with Crippen molar-refractivity contribution in [3.05, 3.63) is 5.82 Å². The van der Waals surface area contributed by atoms with E-state index >= 15 is 0 Å². The zero-order valence-corrected chi connectivity index (χ0v) is 13.0. The smallest absolute Gasteiger partial charge is 0.313 e. The maximum atomic E-state index is 10.6. The summed E-state index contributed by atoms with van der Waals surface area (Å²) in [5.74, 6) is 0.0567. The number of carbonyl (C=O) groups is 1. The molecule has 1 aromatic heterocycles. The van der Waals surface area contributed by atoms with Crippen LogP contribution in [-0.2, 0) is 22.5 Å². The van der Waals surface area contributed by atoms with Crippen molar-refractivity contribution in [2.24, 2.45) is 0 Å². The molecular formula is C13H23N3O3S. The highest BCUT2D eigenvalue weighted by atomic mass is 32.2. The quantitative estimate of drug-likeness (QED) is 0.499. The summed E-state index contributed by atoms with van der Waals surface area (Å²) in [6.07, 6.45) is 4.01. The maximum Gasteiger partial charge on any atom is 0.313 e. The fourth-order valence-corrected chi connectivity index (χ4v) is 2.39. The van der Waals surface area contributed by atoms with Crippen molar-refractivity contribution in [2.45, 2.75) is 51.2 Å². The molecule has 0 bridgehead atoms. The zero-order chi connectivity index (χ0) is 14.8. The van der Waals surface area contributed by atoms with Crippen LogP contribution in [0.5, 0.6) is 0 Å². The number of aromatic nitrogens is 3. The number of thioether (sulfide) groups is 1. The van der Waals surface area contributed by atoms with Crippen molar-refractivity contribution in [3.63, 3.8) is 0 Å². The lowest BCUT2D eigenvalue weighted by molar-refractivity contribution is -0.133. The predicted molar refractivity (Wildman–Crippen MR) is 78.1 cm³/mol. The van der Waals surface area contributed by atoms with Crippen LogP contribution in [0.2, 0.25) is 0 Å². The number of hydrogen-bond acceptors (Lipinski definition) is 5. The monoisotopic (exact) mass is 301 g/mol. The second kappa shape index (κ2) is 9.77. The van der Waals surface area contributed by atoms with Gasteiger partial charge in [0.1, 0.15) is 5.82 Å². The molecule has 0 spiro atoms. The summed E-state index contributed by atoms with van der Waals surface area (Å²) < 4.78 is 7.53. The second-order valence-corrected chi connectivity index (χ2v) is 5.39. The molecule has 0 saturated heterocycles. The first-order valence-electron chi connectivity index (χ1n) is 7.03. The molecule has 7 heteroatoms. The summed E-state index contributed by atoms with van der Waals surface area (Å²) in [5.41, 5.74) is 0. The lowest BCUT2D eigenvalue weighted by Gasteiger charge is -2.09. The van der Waals surface area contributed by atoms with Crippen LogP contribution >= 0.6 is 11.8 Å². The van der Waals surface area contributed by atoms with Gasteiger partial charge in [0.25, 0.3) is 0 Å². The van der Waals surface area contributed by atoms with Gasteiger partial charge in [-0.15, -0.1) is 10.2 Å². The topological polar surface area (TPSA) is 77.2 Å². The summed E-state index contributed by atoms with van der Waals surface area (Å²) in [6.45, 7) is 6.26. The maximum absolute atomic E-state index is 10.6.